The average Bonchev–Trinajstić information content (AvgIpc) is 2.63. The van der Waals surface area contributed by atoms with Gasteiger partial charge in [0.05, 0.1) is 16.3 Å². The zero-order valence-electron chi connectivity index (χ0n) is 19.7. The molecule has 7 nitrogen and oxygen atoms in total. The van der Waals surface area contributed by atoms with Crippen LogP contribution in [0.25, 0.3) is 5.69 Å². The normalized spacial score (nSPS) is 12.5. The van der Waals surface area contributed by atoms with E-state index in [1.54, 1.807) is 0 Å². The molecule has 0 unspecified atom stereocenters. The van der Waals surface area contributed by atoms with Gasteiger partial charge in [0.25, 0.3) is 11.5 Å². The number of hydrogen-bond donors (Lipinski definition) is 1. The van der Waals surface area contributed by atoms with E-state index in [1.165, 1.54) is 0 Å². The van der Waals surface area contributed by atoms with Gasteiger partial charge in [0, 0.05) is 29.7 Å². The smallest absolute Gasteiger partial charge is 0.292 e. The van der Waals surface area contributed by atoms with Crippen molar-refractivity contribution in [2.75, 3.05) is 0 Å². The molecule has 2 aromatic rings. The van der Waals surface area contributed by atoms with Gasteiger partial charge in [-0.25, -0.2) is 19.2 Å². The third kappa shape index (κ3) is 5.57. The first-order valence-corrected chi connectivity index (χ1v) is 10.4. The van der Waals surface area contributed by atoms with Crippen LogP contribution in [0.1, 0.15) is 57.6 Å². The number of halogens is 5. The number of aromatic nitrogens is 2. The Labute approximate surface area is 198 Å². The van der Waals surface area contributed by atoms with Crippen LogP contribution < -0.4 is 16.7 Å². The summed E-state index contributed by atoms with van der Waals surface area (Å²) in [6.07, 6.45) is -4.98. The molecule has 0 spiro atoms. The lowest BCUT2D eigenvalue weighted by molar-refractivity contribution is -0.144. The monoisotopic (exact) mass is 504 g/mol. The molecular formula is C22H25ClF4N4O3. The third-order valence-corrected chi connectivity index (χ3v) is 5.14. The maximum absolute atomic E-state index is 14.7. The van der Waals surface area contributed by atoms with Crippen molar-refractivity contribution in [3.05, 3.63) is 61.1 Å². The van der Waals surface area contributed by atoms with E-state index < -0.39 is 51.4 Å². The molecule has 1 aromatic heterocycles. The van der Waals surface area contributed by atoms with Crippen LogP contribution in [0.2, 0.25) is 5.02 Å². The van der Waals surface area contributed by atoms with E-state index in [9.17, 15) is 31.9 Å². The minimum absolute atomic E-state index is 0.165. The highest BCUT2D eigenvalue weighted by molar-refractivity contribution is 6.34. The minimum atomic E-state index is -4.98. The Balaban J connectivity index is 2.65. The van der Waals surface area contributed by atoms with E-state index in [4.69, 9.17) is 11.6 Å². The molecule has 0 bridgehead atoms. The highest BCUT2D eigenvalue weighted by atomic mass is 35.5. The van der Waals surface area contributed by atoms with Crippen molar-refractivity contribution in [2.24, 2.45) is 23.0 Å². The summed E-state index contributed by atoms with van der Waals surface area (Å²) >= 11 is 6.01. The number of amides is 1. The van der Waals surface area contributed by atoms with Crippen LogP contribution in [0.3, 0.4) is 0 Å². The number of hydrazone groups is 1. The van der Waals surface area contributed by atoms with E-state index in [1.807, 2.05) is 41.5 Å². The molecule has 186 valence electrons. The van der Waals surface area contributed by atoms with Gasteiger partial charge in [-0.2, -0.15) is 18.3 Å². The number of carbonyl (C=O) groups excluding carboxylic acids is 1. The van der Waals surface area contributed by atoms with Crippen molar-refractivity contribution in [3.8, 4) is 5.69 Å². The van der Waals surface area contributed by atoms with Gasteiger partial charge in [-0.05, 0) is 12.1 Å². The summed E-state index contributed by atoms with van der Waals surface area (Å²) in [7, 11) is 0.789. The summed E-state index contributed by atoms with van der Waals surface area (Å²) in [5.74, 6) is -2.05. The molecule has 1 aromatic carbocycles. The molecule has 0 aliphatic heterocycles. The molecule has 34 heavy (non-hydrogen) atoms. The molecule has 0 atom stereocenters. The molecule has 0 fully saturated rings. The van der Waals surface area contributed by atoms with Gasteiger partial charge in [-0.1, -0.05) is 53.1 Å². The van der Waals surface area contributed by atoms with Crippen molar-refractivity contribution in [2.45, 2.75) is 47.7 Å². The Morgan fingerprint density at radius 3 is 2.00 bits per heavy atom. The Morgan fingerprint density at radius 1 is 1.00 bits per heavy atom. The highest BCUT2D eigenvalue weighted by Crippen LogP contribution is 2.30. The van der Waals surface area contributed by atoms with E-state index in [-0.39, 0.29) is 25.8 Å². The first-order chi connectivity index (χ1) is 15.3. The van der Waals surface area contributed by atoms with Crippen LogP contribution in [-0.4, -0.2) is 20.8 Å². The molecule has 0 aliphatic rings. The summed E-state index contributed by atoms with van der Waals surface area (Å²) in [4.78, 5) is 37.7. The molecule has 0 saturated heterocycles. The second-order valence-corrected chi connectivity index (χ2v) is 10.1. The molecule has 0 radical (unpaired) electrons. The lowest BCUT2D eigenvalue weighted by Crippen LogP contribution is -2.41. The Bertz CT molecular complexity index is 1260. The van der Waals surface area contributed by atoms with Crippen molar-refractivity contribution in [1.29, 1.82) is 0 Å². The summed E-state index contributed by atoms with van der Waals surface area (Å²) < 4.78 is 54.3. The number of benzene rings is 1. The average molecular weight is 505 g/mol. The first-order valence-electron chi connectivity index (χ1n) is 10.1. The number of alkyl halides is 3. The van der Waals surface area contributed by atoms with Crippen LogP contribution >= 0.6 is 11.6 Å². The zero-order chi connectivity index (χ0) is 26.4. The van der Waals surface area contributed by atoms with E-state index in [0.717, 1.165) is 13.1 Å². The van der Waals surface area contributed by atoms with Gasteiger partial charge in [0.15, 0.2) is 0 Å². The van der Waals surface area contributed by atoms with E-state index in [2.05, 4.69) is 10.5 Å². The maximum atomic E-state index is 14.7. The third-order valence-electron chi connectivity index (χ3n) is 4.82. The maximum Gasteiger partial charge on any atom is 0.431 e. The quantitative estimate of drug-likeness (QED) is 0.379. The van der Waals surface area contributed by atoms with Crippen molar-refractivity contribution in [3.63, 3.8) is 0 Å². The van der Waals surface area contributed by atoms with Crippen LogP contribution in [0.4, 0.5) is 17.6 Å². The number of nitrogens with one attached hydrogen (secondary N) is 1. The highest BCUT2D eigenvalue weighted by Gasteiger charge is 2.35. The van der Waals surface area contributed by atoms with Gasteiger partial charge in [-0.3, -0.25) is 14.2 Å². The number of rotatable bonds is 3. The van der Waals surface area contributed by atoms with Crippen LogP contribution in [0, 0.1) is 16.6 Å². The van der Waals surface area contributed by atoms with Gasteiger partial charge in [0.1, 0.15) is 11.5 Å². The summed E-state index contributed by atoms with van der Waals surface area (Å²) in [5.41, 5.74) is -3.29. The number of hydrogen-bond acceptors (Lipinski definition) is 4. The zero-order valence-corrected chi connectivity index (χ0v) is 20.4. The lowest BCUT2D eigenvalue weighted by atomic mass is 9.75. The van der Waals surface area contributed by atoms with Crippen molar-refractivity contribution < 1.29 is 22.4 Å². The topological polar surface area (TPSA) is 85.5 Å². The number of carbonyl (C=O) groups is 1. The molecule has 1 heterocycles. The first kappa shape index (κ1) is 27.3. The fraction of sp³-hybridized carbons (Fsp3) is 0.455. The molecule has 1 amide bonds. The van der Waals surface area contributed by atoms with E-state index in [0.29, 0.717) is 11.8 Å². The van der Waals surface area contributed by atoms with Crippen molar-refractivity contribution >= 4 is 23.2 Å². The Morgan fingerprint density at radius 2 is 1.53 bits per heavy atom. The molecule has 0 saturated carbocycles. The fourth-order valence-electron chi connectivity index (χ4n) is 3.63. The molecular weight excluding hydrogens is 480 g/mol. The molecule has 2 rings (SSSR count). The summed E-state index contributed by atoms with van der Waals surface area (Å²) in [6, 6.07) is 1.67. The standard InChI is InChI=1S/C22H25ClF4N4O3/c1-20(2,3)18(21(4,5)6)29-28-17(33)11-8-14(13(24)9-12(11)23)31-16(32)10-15(22(25,26)27)30(7)19(31)34/h8-10H,1-7H3,(H,28,33). The molecule has 1 N–H and O–H groups in total. The largest absolute Gasteiger partial charge is 0.431 e. The lowest BCUT2D eigenvalue weighted by Gasteiger charge is -2.31. The predicted octanol–water partition coefficient (Wildman–Crippen LogP) is 4.53. The van der Waals surface area contributed by atoms with Crippen LogP contribution in [-0.2, 0) is 13.2 Å². The summed E-state index contributed by atoms with van der Waals surface area (Å²) in [5, 5.41) is 3.85. The Kier molecular flexibility index (Phi) is 7.23. The van der Waals surface area contributed by atoms with Gasteiger partial charge < -0.3 is 0 Å². The SMILES string of the molecule is Cn1c(C(F)(F)F)cc(=O)n(-c2cc(C(=O)NN=C(C(C)(C)C)C(C)(C)C)c(Cl)cc2F)c1=O. The molecule has 12 heteroatoms. The number of nitrogens with zero attached hydrogens (tertiary/aromatic N) is 3. The van der Waals surface area contributed by atoms with E-state index >= 15 is 0 Å². The Hall–Kier alpha value is -2.95. The van der Waals surface area contributed by atoms with Crippen LogP contribution in [0.5, 0.6) is 0 Å². The second-order valence-electron chi connectivity index (χ2n) is 9.73. The summed E-state index contributed by atoms with van der Waals surface area (Å²) in [6.45, 7) is 11.4. The minimum Gasteiger partial charge on any atom is -0.292 e. The second kappa shape index (κ2) is 9.01. The van der Waals surface area contributed by atoms with Crippen molar-refractivity contribution in [1.82, 2.24) is 14.6 Å². The van der Waals surface area contributed by atoms with Gasteiger partial charge in [-0.15, -0.1) is 0 Å². The van der Waals surface area contributed by atoms with Crippen LogP contribution in [0.15, 0.2) is 32.9 Å². The van der Waals surface area contributed by atoms with Gasteiger partial charge in [0.2, 0.25) is 0 Å². The molecule has 0 aliphatic carbocycles. The fourth-order valence-corrected chi connectivity index (χ4v) is 3.87. The predicted molar refractivity (Wildman–Crippen MR) is 121 cm³/mol. The van der Waals surface area contributed by atoms with Gasteiger partial charge >= 0.3 is 11.9 Å².